The van der Waals surface area contributed by atoms with E-state index in [0.29, 0.717) is 30.9 Å². The first-order chi connectivity index (χ1) is 16.3. The number of rotatable bonds is 7. The van der Waals surface area contributed by atoms with Crippen molar-refractivity contribution in [2.45, 2.75) is 32.4 Å². The quantitative estimate of drug-likeness (QED) is 0.314. The normalized spacial score (nSPS) is 17.0. The molecule has 9 nitrogen and oxygen atoms in total. The van der Waals surface area contributed by atoms with Gasteiger partial charge in [0, 0.05) is 30.1 Å². The van der Waals surface area contributed by atoms with Gasteiger partial charge in [0.1, 0.15) is 12.4 Å². The summed E-state index contributed by atoms with van der Waals surface area (Å²) in [7, 11) is 0. The van der Waals surface area contributed by atoms with E-state index < -0.39 is 23.3 Å². The Hall–Kier alpha value is -3.98. The maximum atomic E-state index is 12.9. The van der Waals surface area contributed by atoms with Gasteiger partial charge in [0.05, 0.1) is 11.4 Å². The highest BCUT2D eigenvalue weighted by atomic mass is 16.5. The molecule has 176 valence electrons. The molecule has 3 aromatic rings. The minimum Gasteiger partial charge on any atom is -0.489 e. The van der Waals surface area contributed by atoms with E-state index in [2.05, 4.69) is 15.6 Å². The third kappa shape index (κ3) is 4.29. The van der Waals surface area contributed by atoms with Crippen LogP contribution in [-0.4, -0.2) is 34.5 Å². The number of amides is 3. The Morgan fingerprint density at radius 2 is 1.94 bits per heavy atom. The Morgan fingerprint density at radius 1 is 1.21 bits per heavy atom. The summed E-state index contributed by atoms with van der Waals surface area (Å²) < 4.78 is 5.99. The molecule has 4 rings (SSSR count). The SMILES string of the molecule is CC(=O)NC(C(=O)NO)(c1ccc(OCc2cc(C)nc3ccccc23)cc1)C1CCNC1=O. The van der Waals surface area contributed by atoms with Gasteiger partial charge in [-0.15, -0.1) is 0 Å². The first-order valence-electron chi connectivity index (χ1n) is 10.9. The molecule has 0 radical (unpaired) electrons. The number of aromatic nitrogens is 1. The molecule has 2 unspecified atom stereocenters. The van der Waals surface area contributed by atoms with Gasteiger partial charge in [-0.25, -0.2) is 5.48 Å². The molecule has 1 fully saturated rings. The number of benzene rings is 2. The lowest BCUT2D eigenvalue weighted by Gasteiger charge is -2.36. The van der Waals surface area contributed by atoms with Crippen molar-refractivity contribution in [1.29, 1.82) is 0 Å². The van der Waals surface area contributed by atoms with E-state index in [1.165, 1.54) is 6.92 Å². The monoisotopic (exact) mass is 462 g/mol. The van der Waals surface area contributed by atoms with Gasteiger partial charge in [0.15, 0.2) is 5.54 Å². The topological polar surface area (TPSA) is 130 Å². The molecule has 4 N–H and O–H groups in total. The van der Waals surface area contributed by atoms with Gasteiger partial charge in [-0.2, -0.15) is 0 Å². The zero-order chi connectivity index (χ0) is 24.3. The van der Waals surface area contributed by atoms with E-state index in [-0.39, 0.29) is 5.91 Å². The maximum absolute atomic E-state index is 12.9. The van der Waals surface area contributed by atoms with E-state index in [4.69, 9.17) is 4.74 Å². The van der Waals surface area contributed by atoms with Gasteiger partial charge in [-0.05, 0) is 43.2 Å². The number of carbonyl (C=O) groups excluding carboxylic acids is 3. The number of ether oxygens (including phenoxy) is 1. The summed E-state index contributed by atoms with van der Waals surface area (Å²) in [6.45, 7) is 3.86. The number of hydroxylamine groups is 1. The first kappa shape index (κ1) is 23.2. The molecule has 0 saturated carbocycles. The van der Waals surface area contributed by atoms with Gasteiger partial charge in [0.25, 0.3) is 5.91 Å². The van der Waals surface area contributed by atoms with Crippen LogP contribution in [0.2, 0.25) is 0 Å². The molecule has 2 atom stereocenters. The molecule has 34 heavy (non-hydrogen) atoms. The largest absolute Gasteiger partial charge is 0.489 e. The minimum atomic E-state index is -1.77. The number of pyridine rings is 1. The van der Waals surface area contributed by atoms with E-state index in [1.54, 1.807) is 29.7 Å². The number of hydrogen-bond acceptors (Lipinski definition) is 6. The fourth-order valence-electron chi connectivity index (χ4n) is 4.57. The fraction of sp³-hybridized carbons (Fsp3) is 0.280. The molecule has 1 aromatic heterocycles. The molecule has 2 heterocycles. The fourth-order valence-corrected chi connectivity index (χ4v) is 4.57. The van der Waals surface area contributed by atoms with Gasteiger partial charge in [0.2, 0.25) is 11.8 Å². The Kier molecular flexibility index (Phi) is 6.47. The van der Waals surface area contributed by atoms with Crippen LogP contribution in [0.4, 0.5) is 0 Å². The highest BCUT2D eigenvalue weighted by Crippen LogP contribution is 2.36. The second-order valence-corrected chi connectivity index (χ2v) is 8.32. The third-order valence-corrected chi connectivity index (χ3v) is 6.04. The Balaban J connectivity index is 1.64. The molecular formula is C25H26N4O5. The van der Waals surface area contributed by atoms with Gasteiger partial charge in [-0.1, -0.05) is 30.3 Å². The van der Waals surface area contributed by atoms with E-state index in [0.717, 1.165) is 22.2 Å². The Morgan fingerprint density at radius 3 is 2.59 bits per heavy atom. The van der Waals surface area contributed by atoms with Crippen LogP contribution in [0.1, 0.15) is 30.2 Å². The molecule has 1 aliphatic heterocycles. The smallest absolute Gasteiger partial charge is 0.274 e. The van der Waals surface area contributed by atoms with E-state index in [1.807, 2.05) is 37.3 Å². The van der Waals surface area contributed by atoms with Gasteiger partial charge in [-0.3, -0.25) is 24.6 Å². The van der Waals surface area contributed by atoms with Crippen LogP contribution in [0, 0.1) is 12.8 Å². The van der Waals surface area contributed by atoms with Crippen LogP contribution in [0.3, 0.4) is 0 Å². The molecule has 3 amide bonds. The molecule has 1 saturated heterocycles. The number of carbonyl (C=O) groups is 3. The predicted molar refractivity (Wildman–Crippen MR) is 124 cm³/mol. The van der Waals surface area contributed by atoms with Gasteiger partial charge >= 0.3 is 0 Å². The highest BCUT2D eigenvalue weighted by Gasteiger charge is 2.52. The van der Waals surface area contributed by atoms with Crippen molar-refractivity contribution in [1.82, 2.24) is 21.1 Å². The van der Waals surface area contributed by atoms with Crippen molar-refractivity contribution in [3.8, 4) is 5.75 Å². The summed E-state index contributed by atoms with van der Waals surface area (Å²) in [5.74, 6) is -2.13. The molecule has 1 aliphatic rings. The van der Waals surface area contributed by atoms with Crippen LogP contribution < -0.4 is 20.9 Å². The van der Waals surface area contributed by atoms with Crippen LogP contribution in [0.25, 0.3) is 10.9 Å². The first-order valence-corrected chi connectivity index (χ1v) is 10.9. The molecule has 2 aromatic carbocycles. The van der Waals surface area contributed by atoms with E-state index in [9.17, 15) is 19.6 Å². The number of nitrogens with one attached hydrogen (secondary N) is 3. The number of para-hydroxylation sites is 1. The molecule has 0 bridgehead atoms. The summed E-state index contributed by atoms with van der Waals surface area (Å²) in [5.41, 5.74) is 2.97. The molecule has 0 spiro atoms. The summed E-state index contributed by atoms with van der Waals surface area (Å²) in [4.78, 5) is 41.9. The maximum Gasteiger partial charge on any atom is 0.274 e. The van der Waals surface area contributed by atoms with Crippen molar-refractivity contribution in [2.24, 2.45) is 5.92 Å². The minimum absolute atomic E-state index is 0.308. The standard InChI is InChI=1S/C25H26N4O5/c1-15-13-17(20-5-3-4-6-22(20)27-15)14-34-19-9-7-18(8-10-19)25(24(32)29-33,28-16(2)30)21-11-12-26-23(21)31/h3-10,13,21,33H,11-12,14H2,1-2H3,(H,26,31)(H,28,30)(H,29,32). The lowest BCUT2D eigenvalue weighted by Crippen LogP contribution is -2.61. The van der Waals surface area contributed by atoms with Crippen molar-refractivity contribution in [3.05, 3.63) is 71.4 Å². The molecular weight excluding hydrogens is 436 g/mol. The van der Waals surface area contributed by atoms with Crippen molar-refractivity contribution >= 4 is 28.6 Å². The second-order valence-electron chi connectivity index (χ2n) is 8.32. The van der Waals surface area contributed by atoms with Crippen LogP contribution in [0.5, 0.6) is 5.75 Å². The summed E-state index contributed by atoms with van der Waals surface area (Å²) in [6, 6.07) is 16.4. The summed E-state index contributed by atoms with van der Waals surface area (Å²) in [5, 5.41) is 15.8. The predicted octanol–water partition coefficient (Wildman–Crippen LogP) is 2.10. The average Bonchev–Trinajstić information content (AvgIpc) is 3.26. The molecule has 9 heteroatoms. The number of hydrogen-bond donors (Lipinski definition) is 4. The highest BCUT2D eigenvalue weighted by molar-refractivity contribution is 5.98. The third-order valence-electron chi connectivity index (χ3n) is 6.04. The second kappa shape index (κ2) is 9.48. The van der Waals surface area contributed by atoms with Crippen LogP contribution in [0.15, 0.2) is 54.6 Å². The Bertz CT molecular complexity index is 1240. The lowest BCUT2D eigenvalue weighted by atomic mass is 9.76. The number of fused-ring (bicyclic) bond motifs is 1. The zero-order valence-corrected chi connectivity index (χ0v) is 18.9. The van der Waals surface area contributed by atoms with Crippen LogP contribution >= 0.6 is 0 Å². The number of nitrogens with zero attached hydrogens (tertiary/aromatic N) is 1. The van der Waals surface area contributed by atoms with Crippen molar-refractivity contribution < 1.29 is 24.3 Å². The molecule has 0 aliphatic carbocycles. The van der Waals surface area contributed by atoms with Crippen molar-refractivity contribution in [2.75, 3.05) is 6.54 Å². The van der Waals surface area contributed by atoms with Crippen LogP contribution in [-0.2, 0) is 26.5 Å². The van der Waals surface area contributed by atoms with Gasteiger partial charge < -0.3 is 15.4 Å². The summed E-state index contributed by atoms with van der Waals surface area (Å²) >= 11 is 0. The average molecular weight is 463 g/mol. The zero-order valence-electron chi connectivity index (χ0n) is 18.9. The Labute approximate surface area is 196 Å². The van der Waals surface area contributed by atoms with E-state index >= 15 is 0 Å². The lowest BCUT2D eigenvalue weighted by molar-refractivity contribution is -0.146. The van der Waals surface area contributed by atoms with Crippen molar-refractivity contribution in [3.63, 3.8) is 0 Å². The number of aryl methyl sites for hydroxylation is 1. The summed E-state index contributed by atoms with van der Waals surface area (Å²) in [6.07, 6.45) is 0.319.